The van der Waals surface area contributed by atoms with Crippen molar-refractivity contribution in [2.24, 2.45) is 0 Å². The SMILES string of the molecule is CC[N+]1(C)CCN(c2cccc3c(O)n([C@H](CCCNC(=O)OC(C)(C)C)c4ccc(OC)c(OC)c4)cc23)CC1. The fraction of sp³-hybridized carbons (Fsp3) is 0.531. The van der Waals surface area contributed by atoms with Crippen LogP contribution in [-0.2, 0) is 4.74 Å². The van der Waals surface area contributed by atoms with E-state index in [9.17, 15) is 9.90 Å². The number of anilines is 1. The minimum atomic E-state index is -0.552. The molecule has 1 fully saturated rings. The van der Waals surface area contributed by atoms with Crippen LogP contribution in [0.15, 0.2) is 42.6 Å². The average Bonchev–Trinajstić information content (AvgIpc) is 3.28. The molecule has 3 aromatic rings. The summed E-state index contributed by atoms with van der Waals surface area (Å²) >= 11 is 0. The lowest BCUT2D eigenvalue weighted by atomic mass is 10.0. The Bertz CT molecular complexity index is 1340. The number of carbonyl (C=O) groups is 1. The van der Waals surface area contributed by atoms with Crippen LogP contribution in [0.3, 0.4) is 0 Å². The Balaban J connectivity index is 1.65. The number of likely N-dealkylation sites (N-methyl/N-ethyl adjacent to an activating group) is 1. The number of methoxy groups -OCH3 is 2. The highest BCUT2D eigenvalue weighted by Crippen LogP contribution is 2.40. The largest absolute Gasteiger partial charge is 0.494 e. The molecule has 0 saturated carbocycles. The van der Waals surface area contributed by atoms with Crippen molar-refractivity contribution in [3.8, 4) is 17.4 Å². The summed E-state index contributed by atoms with van der Waals surface area (Å²) in [5.74, 6) is 1.51. The van der Waals surface area contributed by atoms with Gasteiger partial charge in [0.05, 0.1) is 60.0 Å². The summed E-state index contributed by atoms with van der Waals surface area (Å²) in [6, 6.07) is 11.8. The summed E-state index contributed by atoms with van der Waals surface area (Å²) in [6.07, 6.45) is 2.99. The molecular formula is C32H47N4O5+. The van der Waals surface area contributed by atoms with E-state index < -0.39 is 11.7 Å². The van der Waals surface area contributed by atoms with Gasteiger partial charge in [0.15, 0.2) is 17.4 Å². The van der Waals surface area contributed by atoms with Crippen molar-refractivity contribution < 1.29 is 28.6 Å². The maximum atomic E-state index is 12.2. The number of aromatic nitrogens is 1. The van der Waals surface area contributed by atoms with E-state index >= 15 is 0 Å². The van der Waals surface area contributed by atoms with Gasteiger partial charge in [-0.25, -0.2) is 4.79 Å². The molecule has 0 bridgehead atoms. The third-order valence-corrected chi connectivity index (χ3v) is 8.21. The lowest BCUT2D eigenvalue weighted by Gasteiger charge is -2.42. The van der Waals surface area contributed by atoms with Gasteiger partial charge in [0.2, 0.25) is 0 Å². The molecular weight excluding hydrogens is 520 g/mol. The number of ether oxygens (including phenoxy) is 3. The zero-order valence-corrected chi connectivity index (χ0v) is 25.7. The molecule has 1 saturated heterocycles. The van der Waals surface area contributed by atoms with Crippen LogP contribution in [0.5, 0.6) is 17.4 Å². The van der Waals surface area contributed by atoms with Crippen LogP contribution in [0.1, 0.15) is 52.1 Å². The van der Waals surface area contributed by atoms with Crippen LogP contribution in [-0.4, -0.2) is 86.4 Å². The molecule has 4 rings (SSSR count). The third kappa shape index (κ3) is 7.01. The molecule has 1 aliphatic rings. The van der Waals surface area contributed by atoms with Gasteiger partial charge < -0.3 is 38.6 Å². The molecule has 0 aliphatic carbocycles. The number of nitrogens with one attached hydrogen (secondary N) is 1. The number of carbonyl (C=O) groups excluding carboxylic acids is 1. The normalized spacial score (nSPS) is 15.9. The van der Waals surface area contributed by atoms with Crippen molar-refractivity contribution in [3.63, 3.8) is 0 Å². The van der Waals surface area contributed by atoms with Crippen molar-refractivity contribution in [3.05, 3.63) is 48.2 Å². The maximum Gasteiger partial charge on any atom is 0.407 e. The quantitative estimate of drug-likeness (QED) is 0.247. The zero-order chi connectivity index (χ0) is 29.8. The lowest BCUT2D eigenvalue weighted by Crippen LogP contribution is -2.57. The van der Waals surface area contributed by atoms with Crippen molar-refractivity contribution in [2.75, 3.05) is 65.4 Å². The van der Waals surface area contributed by atoms with E-state index in [4.69, 9.17) is 14.2 Å². The van der Waals surface area contributed by atoms with Gasteiger partial charge in [0, 0.05) is 29.2 Å². The highest BCUT2D eigenvalue weighted by molar-refractivity contribution is 5.98. The van der Waals surface area contributed by atoms with E-state index in [0.29, 0.717) is 30.9 Å². The Kier molecular flexibility index (Phi) is 9.27. The number of hydrogen-bond donors (Lipinski definition) is 2. The van der Waals surface area contributed by atoms with Gasteiger partial charge in [-0.05, 0) is 70.4 Å². The van der Waals surface area contributed by atoms with Gasteiger partial charge in [-0.1, -0.05) is 12.1 Å². The Labute approximate surface area is 244 Å². The smallest absolute Gasteiger partial charge is 0.407 e. The molecule has 0 unspecified atom stereocenters. The minimum Gasteiger partial charge on any atom is -0.494 e. The number of rotatable bonds is 10. The topological polar surface area (TPSA) is 85.2 Å². The molecule has 41 heavy (non-hydrogen) atoms. The summed E-state index contributed by atoms with van der Waals surface area (Å²) in [5.41, 5.74) is 1.58. The maximum absolute atomic E-state index is 12.2. The number of hydrogen-bond acceptors (Lipinski definition) is 6. The summed E-state index contributed by atoms with van der Waals surface area (Å²) < 4.78 is 19.5. The van der Waals surface area contributed by atoms with E-state index in [2.05, 4.69) is 36.5 Å². The number of benzene rings is 2. The number of nitrogens with zero attached hydrogens (tertiary/aromatic N) is 3. The molecule has 0 radical (unpaired) electrons. The molecule has 1 amide bonds. The number of quaternary nitrogens is 1. The van der Waals surface area contributed by atoms with Gasteiger partial charge in [-0.3, -0.25) is 0 Å². The van der Waals surface area contributed by atoms with Crippen LogP contribution >= 0.6 is 0 Å². The zero-order valence-electron chi connectivity index (χ0n) is 25.7. The van der Waals surface area contributed by atoms with Crippen molar-refractivity contribution >= 4 is 22.6 Å². The second-order valence-electron chi connectivity index (χ2n) is 12.2. The molecule has 2 N–H and O–H groups in total. The first-order valence-electron chi connectivity index (χ1n) is 14.6. The van der Waals surface area contributed by atoms with Crippen molar-refractivity contribution in [1.29, 1.82) is 0 Å². The summed E-state index contributed by atoms with van der Waals surface area (Å²) in [4.78, 5) is 14.6. The molecule has 9 heteroatoms. The van der Waals surface area contributed by atoms with E-state index in [1.165, 1.54) is 0 Å². The average molecular weight is 568 g/mol. The standard InChI is InChI=1S/C32H46N4O5/c1-8-36(5)19-17-34(18-20-36)27-12-9-11-24-25(27)22-35(30(24)37)26(13-10-16-33-31(38)41-32(2,3)4)23-14-15-28(39-6)29(21-23)40-7/h9,11-12,14-15,21-22,26H,8,10,13,16-20H2,1-7H3,(H-,33,37,38)/p+1/t26-/m1/s1. The van der Waals surface area contributed by atoms with Gasteiger partial charge in [-0.15, -0.1) is 0 Å². The number of fused-ring (bicyclic) bond motifs is 1. The van der Waals surface area contributed by atoms with Crippen LogP contribution < -0.4 is 19.7 Å². The second kappa shape index (κ2) is 12.5. The Hall–Kier alpha value is -3.59. The number of piperazine rings is 1. The van der Waals surface area contributed by atoms with Gasteiger partial charge in [0.1, 0.15) is 5.60 Å². The minimum absolute atomic E-state index is 0.197. The number of alkyl carbamates (subject to hydrolysis) is 1. The highest BCUT2D eigenvalue weighted by Gasteiger charge is 2.29. The van der Waals surface area contributed by atoms with E-state index in [1.807, 2.05) is 55.7 Å². The Morgan fingerprint density at radius 2 is 1.78 bits per heavy atom. The Morgan fingerprint density at radius 3 is 2.41 bits per heavy atom. The highest BCUT2D eigenvalue weighted by atomic mass is 16.6. The molecule has 1 aliphatic heterocycles. The molecule has 9 nitrogen and oxygen atoms in total. The fourth-order valence-electron chi connectivity index (χ4n) is 5.57. The molecule has 224 valence electrons. The van der Waals surface area contributed by atoms with Crippen LogP contribution in [0, 0.1) is 0 Å². The molecule has 1 aromatic heterocycles. The van der Waals surface area contributed by atoms with E-state index in [-0.39, 0.29) is 11.9 Å². The molecule has 2 aromatic carbocycles. The van der Waals surface area contributed by atoms with Gasteiger partial charge in [0.25, 0.3) is 0 Å². The summed E-state index contributed by atoms with van der Waals surface area (Å²) in [5, 5.41) is 16.3. The van der Waals surface area contributed by atoms with Crippen molar-refractivity contribution in [1.82, 2.24) is 9.88 Å². The van der Waals surface area contributed by atoms with Crippen molar-refractivity contribution in [2.45, 2.75) is 52.2 Å². The fourth-order valence-corrected chi connectivity index (χ4v) is 5.57. The second-order valence-corrected chi connectivity index (χ2v) is 12.2. The van der Waals surface area contributed by atoms with Crippen LogP contribution in [0.4, 0.5) is 10.5 Å². The van der Waals surface area contributed by atoms with Crippen LogP contribution in [0.25, 0.3) is 10.8 Å². The monoisotopic (exact) mass is 567 g/mol. The summed E-state index contributed by atoms with van der Waals surface area (Å²) in [7, 11) is 5.56. The third-order valence-electron chi connectivity index (χ3n) is 8.21. The number of aromatic hydroxyl groups is 1. The molecule has 2 heterocycles. The molecule has 0 spiro atoms. The van der Waals surface area contributed by atoms with E-state index in [1.54, 1.807) is 14.2 Å². The summed E-state index contributed by atoms with van der Waals surface area (Å²) in [6.45, 7) is 13.5. The number of amides is 1. The first kappa shape index (κ1) is 30.4. The predicted molar refractivity (Wildman–Crippen MR) is 163 cm³/mol. The Morgan fingerprint density at radius 1 is 1.07 bits per heavy atom. The van der Waals surface area contributed by atoms with Gasteiger partial charge in [-0.2, -0.15) is 0 Å². The lowest BCUT2D eigenvalue weighted by molar-refractivity contribution is -0.908. The van der Waals surface area contributed by atoms with E-state index in [0.717, 1.165) is 59.2 Å². The first-order valence-corrected chi connectivity index (χ1v) is 14.6. The van der Waals surface area contributed by atoms with Gasteiger partial charge >= 0.3 is 6.09 Å². The van der Waals surface area contributed by atoms with Crippen LogP contribution in [0.2, 0.25) is 0 Å². The predicted octanol–water partition coefficient (Wildman–Crippen LogP) is 5.54. The first-order chi connectivity index (χ1) is 19.5. The molecule has 1 atom stereocenters.